The van der Waals surface area contributed by atoms with Crippen molar-refractivity contribution in [2.24, 2.45) is 7.05 Å². The van der Waals surface area contributed by atoms with E-state index in [1.54, 1.807) is 30.1 Å². The quantitative estimate of drug-likeness (QED) is 0.633. The standard InChI is InChI=1S/C21H20F3N3O3/c1-27-11-10-25-20(27)19(15-4-3-5-17(13-15)29-2)26-18(28)12-14-6-8-16(9-7-14)30-21(22,23)24/h3-11,13,19H,12H2,1-2H3,(H,26,28). The second kappa shape index (κ2) is 8.89. The number of hydrogen-bond donors (Lipinski definition) is 1. The zero-order valence-electron chi connectivity index (χ0n) is 16.3. The molecule has 0 spiro atoms. The average molecular weight is 419 g/mol. The third-order valence-electron chi connectivity index (χ3n) is 4.37. The Hall–Kier alpha value is -3.49. The lowest BCUT2D eigenvalue weighted by atomic mass is 10.0. The minimum atomic E-state index is -4.76. The molecule has 0 fully saturated rings. The highest BCUT2D eigenvalue weighted by Crippen LogP contribution is 2.25. The smallest absolute Gasteiger partial charge is 0.497 e. The summed E-state index contributed by atoms with van der Waals surface area (Å²) in [5.41, 5.74) is 1.33. The first-order valence-electron chi connectivity index (χ1n) is 9.00. The van der Waals surface area contributed by atoms with E-state index in [4.69, 9.17) is 4.74 Å². The van der Waals surface area contributed by atoms with Gasteiger partial charge in [-0.05, 0) is 35.4 Å². The number of nitrogens with zero attached hydrogens (tertiary/aromatic N) is 2. The van der Waals surface area contributed by atoms with Crippen molar-refractivity contribution in [3.05, 3.63) is 77.9 Å². The van der Waals surface area contributed by atoms with Crippen LogP contribution in [0.1, 0.15) is 23.0 Å². The highest BCUT2D eigenvalue weighted by Gasteiger charge is 2.31. The highest BCUT2D eigenvalue weighted by molar-refractivity contribution is 5.79. The number of alkyl halides is 3. The normalized spacial score (nSPS) is 12.3. The van der Waals surface area contributed by atoms with Crippen molar-refractivity contribution in [3.63, 3.8) is 0 Å². The molecule has 0 radical (unpaired) electrons. The summed E-state index contributed by atoms with van der Waals surface area (Å²) in [7, 11) is 3.38. The Labute approximate surface area is 171 Å². The third kappa shape index (κ3) is 5.53. The van der Waals surface area contributed by atoms with Crippen molar-refractivity contribution in [2.75, 3.05) is 7.11 Å². The molecule has 0 saturated carbocycles. The van der Waals surface area contributed by atoms with Crippen LogP contribution in [0.5, 0.6) is 11.5 Å². The number of methoxy groups -OCH3 is 1. The molecular weight excluding hydrogens is 399 g/mol. The summed E-state index contributed by atoms with van der Waals surface area (Å²) < 4.78 is 47.7. The van der Waals surface area contributed by atoms with Crippen molar-refractivity contribution >= 4 is 5.91 Å². The first-order chi connectivity index (χ1) is 14.2. The molecule has 6 nitrogen and oxygen atoms in total. The molecule has 1 aromatic heterocycles. The zero-order valence-corrected chi connectivity index (χ0v) is 16.3. The maximum Gasteiger partial charge on any atom is 0.573 e. The van der Waals surface area contributed by atoms with Crippen molar-refractivity contribution in [3.8, 4) is 11.5 Å². The van der Waals surface area contributed by atoms with Gasteiger partial charge in [0.15, 0.2) is 0 Å². The molecule has 0 saturated heterocycles. The summed E-state index contributed by atoms with van der Waals surface area (Å²) in [6.07, 6.45) is -1.37. The summed E-state index contributed by atoms with van der Waals surface area (Å²) in [5, 5.41) is 2.94. The number of hydrogen-bond acceptors (Lipinski definition) is 4. The predicted molar refractivity (Wildman–Crippen MR) is 103 cm³/mol. The molecule has 158 valence electrons. The highest BCUT2D eigenvalue weighted by atomic mass is 19.4. The Balaban J connectivity index is 1.76. The molecular formula is C21H20F3N3O3. The molecule has 3 rings (SSSR count). The average Bonchev–Trinajstić information content (AvgIpc) is 3.12. The van der Waals surface area contributed by atoms with E-state index in [-0.39, 0.29) is 18.1 Å². The van der Waals surface area contributed by atoms with Crippen LogP contribution in [0.15, 0.2) is 60.9 Å². The van der Waals surface area contributed by atoms with Crippen molar-refractivity contribution in [1.29, 1.82) is 0 Å². The van der Waals surface area contributed by atoms with E-state index >= 15 is 0 Å². The second-order valence-corrected chi connectivity index (χ2v) is 6.54. The lowest BCUT2D eigenvalue weighted by Crippen LogP contribution is -2.32. The number of aromatic nitrogens is 2. The van der Waals surface area contributed by atoms with Gasteiger partial charge >= 0.3 is 6.36 Å². The maximum atomic E-state index is 12.7. The number of amides is 1. The lowest BCUT2D eigenvalue weighted by molar-refractivity contribution is -0.274. The van der Waals surface area contributed by atoms with Crippen molar-refractivity contribution < 1.29 is 27.4 Å². The van der Waals surface area contributed by atoms with E-state index in [0.717, 1.165) is 5.56 Å². The third-order valence-corrected chi connectivity index (χ3v) is 4.37. The van der Waals surface area contributed by atoms with Gasteiger partial charge in [-0.1, -0.05) is 24.3 Å². The van der Waals surface area contributed by atoms with Crippen LogP contribution in [0.2, 0.25) is 0 Å². The van der Waals surface area contributed by atoms with Crippen LogP contribution in [0.4, 0.5) is 13.2 Å². The summed E-state index contributed by atoms with van der Waals surface area (Å²) in [6, 6.07) is 11.9. The number of carbonyl (C=O) groups excluding carboxylic acids is 1. The fraction of sp³-hybridized carbons (Fsp3) is 0.238. The number of imidazole rings is 1. The summed E-state index contributed by atoms with van der Waals surface area (Å²) in [5.74, 6) is 0.621. The minimum absolute atomic E-state index is 0.0167. The summed E-state index contributed by atoms with van der Waals surface area (Å²) in [6.45, 7) is 0. The van der Waals surface area contributed by atoms with Gasteiger partial charge < -0.3 is 19.4 Å². The molecule has 1 atom stereocenters. The molecule has 0 aliphatic heterocycles. The fourth-order valence-corrected chi connectivity index (χ4v) is 2.98. The Morgan fingerprint density at radius 1 is 1.17 bits per heavy atom. The Kier molecular flexibility index (Phi) is 6.29. The molecule has 30 heavy (non-hydrogen) atoms. The van der Waals surface area contributed by atoms with E-state index in [1.807, 2.05) is 25.2 Å². The molecule has 9 heteroatoms. The molecule has 1 heterocycles. The van der Waals surface area contributed by atoms with E-state index < -0.39 is 12.4 Å². The SMILES string of the molecule is COc1cccc(C(NC(=O)Cc2ccc(OC(F)(F)F)cc2)c2nccn2C)c1. The topological polar surface area (TPSA) is 65.4 Å². The minimum Gasteiger partial charge on any atom is -0.497 e. The molecule has 1 amide bonds. The van der Waals surface area contributed by atoms with Crippen LogP contribution in [0.3, 0.4) is 0 Å². The Morgan fingerprint density at radius 3 is 2.50 bits per heavy atom. The summed E-state index contributed by atoms with van der Waals surface area (Å²) in [4.78, 5) is 17.0. The molecule has 3 aromatic rings. The van der Waals surface area contributed by atoms with Crippen LogP contribution in [-0.2, 0) is 18.3 Å². The summed E-state index contributed by atoms with van der Waals surface area (Å²) >= 11 is 0. The molecule has 0 bridgehead atoms. The number of benzene rings is 2. The van der Waals surface area contributed by atoms with Crippen LogP contribution in [-0.4, -0.2) is 28.9 Å². The fourth-order valence-electron chi connectivity index (χ4n) is 2.98. The molecule has 2 aromatic carbocycles. The van der Waals surface area contributed by atoms with Gasteiger partial charge in [0.2, 0.25) is 5.91 Å². The number of halogens is 3. The zero-order chi connectivity index (χ0) is 21.7. The van der Waals surface area contributed by atoms with Crippen LogP contribution < -0.4 is 14.8 Å². The molecule has 0 aliphatic rings. The lowest BCUT2D eigenvalue weighted by Gasteiger charge is -2.20. The van der Waals surface area contributed by atoms with E-state index in [1.165, 1.54) is 24.3 Å². The van der Waals surface area contributed by atoms with Crippen LogP contribution >= 0.6 is 0 Å². The van der Waals surface area contributed by atoms with Crippen LogP contribution in [0, 0.1) is 0 Å². The van der Waals surface area contributed by atoms with Gasteiger partial charge in [-0.15, -0.1) is 13.2 Å². The van der Waals surface area contributed by atoms with Gasteiger partial charge in [0, 0.05) is 19.4 Å². The first kappa shape index (κ1) is 21.2. The Morgan fingerprint density at radius 2 is 1.90 bits per heavy atom. The van der Waals surface area contributed by atoms with Gasteiger partial charge in [-0.25, -0.2) is 4.98 Å². The predicted octanol–water partition coefficient (Wildman–Crippen LogP) is 3.78. The van der Waals surface area contributed by atoms with Gasteiger partial charge in [0.25, 0.3) is 0 Å². The number of rotatable bonds is 7. The van der Waals surface area contributed by atoms with Gasteiger partial charge in [-0.2, -0.15) is 0 Å². The number of ether oxygens (including phenoxy) is 2. The number of carbonyl (C=O) groups is 1. The van der Waals surface area contributed by atoms with E-state index in [0.29, 0.717) is 17.1 Å². The van der Waals surface area contributed by atoms with Crippen LogP contribution in [0.25, 0.3) is 0 Å². The monoisotopic (exact) mass is 419 g/mol. The van der Waals surface area contributed by atoms with Gasteiger partial charge in [0.05, 0.1) is 13.5 Å². The second-order valence-electron chi connectivity index (χ2n) is 6.54. The number of aryl methyl sites for hydroxylation is 1. The van der Waals surface area contributed by atoms with Crippen molar-refractivity contribution in [1.82, 2.24) is 14.9 Å². The molecule has 1 N–H and O–H groups in total. The van der Waals surface area contributed by atoms with Gasteiger partial charge in [0.1, 0.15) is 23.4 Å². The van der Waals surface area contributed by atoms with Gasteiger partial charge in [-0.3, -0.25) is 4.79 Å². The van der Waals surface area contributed by atoms with E-state index in [2.05, 4.69) is 15.0 Å². The first-order valence-corrected chi connectivity index (χ1v) is 9.00. The van der Waals surface area contributed by atoms with E-state index in [9.17, 15) is 18.0 Å². The number of nitrogens with one attached hydrogen (secondary N) is 1. The van der Waals surface area contributed by atoms with Crippen molar-refractivity contribution in [2.45, 2.75) is 18.8 Å². The molecule has 1 unspecified atom stereocenters. The largest absolute Gasteiger partial charge is 0.573 e. The Bertz CT molecular complexity index is 1000. The molecule has 0 aliphatic carbocycles. The maximum absolute atomic E-state index is 12.7.